The van der Waals surface area contributed by atoms with E-state index >= 15 is 0 Å². The fourth-order valence-electron chi connectivity index (χ4n) is 3.21. The van der Waals surface area contributed by atoms with Gasteiger partial charge in [0.2, 0.25) is 5.91 Å². The summed E-state index contributed by atoms with van der Waals surface area (Å²) in [5.74, 6) is 0.277. The van der Waals surface area contributed by atoms with E-state index < -0.39 is 34.8 Å². The zero-order valence-electron chi connectivity index (χ0n) is 15.6. The minimum Gasteiger partial charge on any atom is -0.495 e. The van der Waals surface area contributed by atoms with Gasteiger partial charge in [-0.2, -0.15) is 13.2 Å². The molecule has 29 heavy (non-hydrogen) atoms. The van der Waals surface area contributed by atoms with Gasteiger partial charge in [0.1, 0.15) is 17.3 Å². The Labute approximate surface area is 170 Å². The van der Waals surface area contributed by atoms with E-state index in [-0.39, 0.29) is 0 Å². The van der Waals surface area contributed by atoms with E-state index in [1.165, 1.54) is 4.90 Å². The van der Waals surface area contributed by atoms with E-state index in [2.05, 4.69) is 4.90 Å². The average molecular weight is 430 g/mol. The predicted molar refractivity (Wildman–Crippen MR) is 103 cm³/mol. The quantitative estimate of drug-likeness (QED) is 0.750. The average Bonchev–Trinajstić information content (AvgIpc) is 2.70. The minimum absolute atomic E-state index is 0.373. The van der Waals surface area contributed by atoms with Crippen molar-refractivity contribution in [2.45, 2.75) is 12.7 Å². The van der Waals surface area contributed by atoms with Crippen LogP contribution in [0.3, 0.4) is 0 Å². The maximum atomic E-state index is 13.0. The van der Waals surface area contributed by atoms with Gasteiger partial charge in [-0.25, -0.2) is 0 Å². The van der Waals surface area contributed by atoms with Crippen LogP contribution in [0.1, 0.15) is 5.56 Å². The molecule has 1 saturated heterocycles. The van der Waals surface area contributed by atoms with Crippen LogP contribution >= 0.6 is 11.6 Å². The molecule has 1 aliphatic rings. The lowest BCUT2D eigenvalue weighted by atomic mass is 10.2. The number of amides is 1. The first kappa shape index (κ1) is 21.0. The summed E-state index contributed by atoms with van der Waals surface area (Å²) in [6.07, 6.45) is -4.04. The molecule has 0 saturated carbocycles. The number of hydrogen-bond acceptors (Lipinski definition) is 4. The molecule has 0 radical (unpaired) electrons. The second-order valence-electron chi connectivity index (χ2n) is 6.55. The number of aromatic nitrogens is 1. The summed E-state index contributed by atoms with van der Waals surface area (Å²) in [7, 11) is 1.58. The lowest BCUT2D eigenvalue weighted by Crippen LogP contribution is -2.50. The summed E-state index contributed by atoms with van der Waals surface area (Å²) < 4.78 is 44.9. The number of ether oxygens (including phenoxy) is 1. The largest absolute Gasteiger partial charge is 0.495 e. The standard InChI is InChI=1S/C19H19ClF3N3O3/c1-29-16-5-3-2-4-15(16)24-6-8-25(9-7-24)17(27)12-26-11-13(19(21,22)23)10-14(20)18(26)28/h2-5,10-11H,6-9,12H2,1H3. The van der Waals surface area contributed by atoms with Crippen LogP contribution in [-0.2, 0) is 17.5 Å². The Hall–Kier alpha value is -2.68. The first-order valence-electron chi connectivity index (χ1n) is 8.83. The van der Waals surface area contributed by atoms with Gasteiger partial charge >= 0.3 is 6.18 Å². The van der Waals surface area contributed by atoms with Crippen LogP contribution in [0.25, 0.3) is 0 Å². The molecule has 6 nitrogen and oxygen atoms in total. The predicted octanol–water partition coefficient (Wildman–Crippen LogP) is 2.88. The number of carbonyl (C=O) groups excluding carboxylic acids is 1. The molecule has 156 valence electrons. The van der Waals surface area contributed by atoms with Gasteiger partial charge in [0, 0.05) is 32.4 Å². The first-order valence-corrected chi connectivity index (χ1v) is 9.21. The van der Waals surface area contributed by atoms with E-state index in [4.69, 9.17) is 16.3 Å². The molecular formula is C19H19ClF3N3O3. The zero-order valence-corrected chi connectivity index (χ0v) is 16.3. The van der Waals surface area contributed by atoms with E-state index in [1.807, 2.05) is 24.3 Å². The van der Waals surface area contributed by atoms with E-state index in [0.29, 0.717) is 43.0 Å². The topological polar surface area (TPSA) is 54.8 Å². The summed E-state index contributed by atoms with van der Waals surface area (Å²) in [4.78, 5) is 28.2. The summed E-state index contributed by atoms with van der Waals surface area (Å²) in [5.41, 5.74) is -1.00. The molecule has 1 aliphatic heterocycles. The molecule has 0 atom stereocenters. The fourth-order valence-corrected chi connectivity index (χ4v) is 3.43. The molecule has 2 aromatic rings. The monoisotopic (exact) mass is 429 g/mol. The van der Waals surface area contributed by atoms with Crippen molar-refractivity contribution in [3.05, 3.63) is 57.5 Å². The number of piperazine rings is 1. The molecule has 3 rings (SSSR count). The number of carbonyl (C=O) groups is 1. The summed E-state index contributed by atoms with van der Waals surface area (Å²) in [6.45, 7) is 1.31. The third-order valence-electron chi connectivity index (χ3n) is 4.73. The first-order chi connectivity index (χ1) is 13.7. The lowest BCUT2D eigenvalue weighted by Gasteiger charge is -2.36. The van der Waals surface area contributed by atoms with Crippen molar-refractivity contribution in [1.29, 1.82) is 0 Å². The van der Waals surface area contributed by atoms with Crippen LogP contribution in [0, 0.1) is 0 Å². The number of alkyl halides is 3. The highest BCUT2D eigenvalue weighted by molar-refractivity contribution is 6.30. The van der Waals surface area contributed by atoms with Gasteiger partial charge in [0.05, 0.1) is 18.4 Å². The Morgan fingerprint density at radius 3 is 2.45 bits per heavy atom. The van der Waals surface area contributed by atoms with Gasteiger partial charge in [-0.15, -0.1) is 0 Å². The van der Waals surface area contributed by atoms with Crippen LogP contribution in [0.15, 0.2) is 41.3 Å². The van der Waals surface area contributed by atoms with Crippen LogP contribution < -0.4 is 15.2 Å². The highest BCUT2D eigenvalue weighted by atomic mass is 35.5. The van der Waals surface area contributed by atoms with Gasteiger partial charge in [-0.1, -0.05) is 23.7 Å². The Kier molecular flexibility index (Phi) is 6.07. The third-order valence-corrected chi connectivity index (χ3v) is 5.00. The molecule has 1 aromatic carbocycles. The second kappa shape index (κ2) is 8.36. The number of pyridine rings is 1. The molecule has 0 bridgehead atoms. The summed E-state index contributed by atoms with van der Waals surface area (Å²) in [6, 6.07) is 8.08. The van der Waals surface area contributed by atoms with Crippen LogP contribution in [-0.4, -0.2) is 48.7 Å². The Bertz CT molecular complexity index is 954. The normalized spacial score (nSPS) is 14.8. The molecule has 2 heterocycles. The van der Waals surface area contributed by atoms with Crippen molar-refractivity contribution < 1.29 is 22.7 Å². The summed E-state index contributed by atoms with van der Waals surface area (Å²) in [5, 5.41) is -0.575. The molecule has 0 aliphatic carbocycles. The maximum Gasteiger partial charge on any atom is 0.417 e. The van der Waals surface area contributed by atoms with E-state index in [9.17, 15) is 22.8 Å². The SMILES string of the molecule is COc1ccccc1N1CCN(C(=O)Cn2cc(C(F)(F)F)cc(Cl)c2=O)CC1. The highest BCUT2D eigenvalue weighted by Gasteiger charge is 2.32. The zero-order chi connectivity index (χ0) is 21.2. The van der Waals surface area contributed by atoms with Crippen LogP contribution in [0.5, 0.6) is 5.75 Å². The number of nitrogens with zero attached hydrogens (tertiary/aromatic N) is 3. The number of anilines is 1. The number of rotatable bonds is 4. The van der Waals surface area contributed by atoms with Crippen molar-refractivity contribution in [3.63, 3.8) is 0 Å². The molecule has 0 unspecified atom stereocenters. The maximum absolute atomic E-state index is 13.0. The second-order valence-corrected chi connectivity index (χ2v) is 6.95. The molecule has 0 spiro atoms. The van der Waals surface area contributed by atoms with Gasteiger partial charge in [-0.3, -0.25) is 9.59 Å². The van der Waals surface area contributed by atoms with E-state index in [1.54, 1.807) is 7.11 Å². The van der Waals surface area contributed by atoms with E-state index in [0.717, 1.165) is 11.4 Å². The lowest BCUT2D eigenvalue weighted by molar-refractivity contribution is -0.138. The van der Waals surface area contributed by atoms with Crippen molar-refractivity contribution in [3.8, 4) is 5.75 Å². The number of hydrogen-bond donors (Lipinski definition) is 0. The molecule has 1 amide bonds. The molecular weight excluding hydrogens is 411 g/mol. The van der Waals surface area contributed by atoms with Gasteiger partial charge in [-0.05, 0) is 18.2 Å². The Balaban J connectivity index is 1.69. The number of halogens is 4. The van der Waals surface area contributed by atoms with Crippen LogP contribution in [0.4, 0.5) is 18.9 Å². The van der Waals surface area contributed by atoms with Crippen molar-refractivity contribution in [2.75, 3.05) is 38.2 Å². The Morgan fingerprint density at radius 1 is 1.17 bits per heavy atom. The minimum atomic E-state index is -4.66. The summed E-state index contributed by atoms with van der Waals surface area (Å²) >= 11 is 5.63. The van der Waals surface area contributed by atoms with Crippen molar-refractivity contribution >= 4 is 23.2 Å². The smallest absolute Gasteiger partial charge is 0.417 e. The Morgan fingerprint density at radius 2 is 1.83 bits per heavy atom. The molecule has 10 heteroatoms. The molecule has 1 fully saturated rings. The molecule has 1 aromatic heterocycles. The van der Waals surface area contributed by atoms with Crippen molar-refractivity contribution in [2.24, 2.45) is 0 Å². The van der Waals surface area contributed by atoms with Crippen molar-refractivity contribution in [1.82, 2.24) is 9.47 Å². The highest BCUT2D eigenvalue weighted by Crippen LogP contribution is 2.30. The van der Waals surface area contributed by atoms with Gasteiger partial charge in [0.25, 0.3) is 5.56 Å². The number of methoxy groups -OCH3 is 1. The van der Waals surface area contributed by atoms with Gasteiger partial charge in [0.15, 0.2) is 0 Å². The van der Waals surface area contributed by atoms with Crippen LogP contribution in [0.2, 0.25) is 5.02 Å². The number of para-hydroxylation sites is 2. The number of benzene rings is 1. The third kappa shape index (κ3) is 4.67. The van der Waals surface area contributed by atoms with Gasteiger partial charge < -0.3 is 19.1 Å². The molecule has 0 N–H and O–H groups in total. The fraction of sp³-hybridized carbons (Fsp3) is 0.368.